The maximum atomic E-state index is 12.1. The monoisotopic (exact) mass is 496 g/mol. The number of carbonyl (C=O) groups is 2. The average molecular weight is 497 g/mol. The lowest BCUT2D eigenvalue weighted by Crippen LogP contribution is -2.27. The van der Waals surface area contributed by atoms with Gasteiger partial charge >= 0.3 is 0 Å². The van der Waals surface area contributed by atoms with E-state index in [-0.39, 0.29) is 11.7 Å². The van der Waals surface area contributed by atoms with Gasteiger partial charge in [-0.3, -0.25) is 9.59 Å². The minimum absolute atomic E-state index is 0.0330. The van der Waals surface area contributed by atoms with Crippen LogP contribution in [-0.4, -0.2) is 51.2 Å². The van der Waals surface area contributed by atoms with E-state index in [0.717, 1.165) is 24.1 Å². The third-order valence-corrected chi connectivity index (χ3v) is 5.97. The number of Topliss-reactive ketones (excluding diaryl/α,β-unsaturated/α-hetero) is 1. The molecule has 36 heavy (non-hydrogen) atoms. The highest BCUT2D eigenvalue weighted by molar-refractivity contribution is 5.90. The van der Waals surface area contributed by atoms with Crippen LogP contribution in [0.2, 0.25) is 0 Å². The van der Waals surface area contributed by atoms with Gasteiger partial charge in [-0.1, -0.05) is 64.1 Å². The molecule has 198 valence electrons. The Kier molecular flexibility index (Phi) is 14.0. The lowest BCUT2D eigenvalue weighted by molar-refractivity contribution is -0.118. The summed E-state index contributed by atoms with van der Waals surface area (Å²) in [5.41, 5.74) is 4.45. The molecule has 0 aliphatic carbocycles. The number of nitrogens with one attached hydrogen (secondary N) is 2. The van der Waals surface area contributed by atoms with Crippen molar-refractivity contribution >= 4 is 17.4 Å². The smallest absolute Gasteiger partial charge is 0.224 e. The summed E-state index contributed by atoms with van der Waals surface area (Å²) in [6.45, 7) is 11.8. The van der Waals surface area contributed by atoms with E-state index >= 15 is 0 Å². The van der Waals surface area contributed by atoms with E-state index < -0.39 is 0 Å². The minimum Gasteiger partial charge on any atom is -0.379 e. The van der Waals surface area contributed by atoms with Crippen molar-refractivity contribution < 1.29 is 19.1 Å². The van der Waals surface area contributed by atoms with E-state index in [4.69, 9.17) is 9.47 Å². The molecule has 6 heteroatoms. The van der Waals surface area contributed by atoms with Gasteiger partial charge in [0.05, 0.1) is 26.4 Å². The molecule has 2 aromatic carbocycles. The van der Waals surface area contributed by atoms with Crippen LogP contribution in [0.4, 0.5) is 5.69 Å². The molecule has 0 aliphatic rings. The summed E-state index contributed by atoms with van der Waals surface area (Å²) in [5, 5.41) is 6.08. The fourth-order valence-corrected chi connectivity index (χ4v) is 3.67. The Morgan fingerprint density at radius 1 is 0.750 bits per heavy atom. The molecule has 0 unspecified atom stereocenters. The van der Waals surface area contributed by atoms with Gasteiger partial charge in [-0.15, -0.1) is 0 Å². The number of hydrogen-bond donors (Lipinski definition) is 2. The fraction of sp³-hybridized carbons (Fsp3) is 0.533. The third kappa shape index (κ3) is 12.4. The van der Waals surface area contributed by atoms with E-state index in [0.29, 0.717) is 64.2 Å². The first-order chi connectivity index (χ1) is 17.3. The van der Waals surface area contributed by atoms with E-state index in [2.05, 4.69) is 62.6 Å². The third-order valence-electron chi connectivity index (χ3n) is 5.97. The van der Waals surface area contributed by atoms with Gasteiger partial charge in [-0.25, -0.2) is 0 Å². The van der Waals surface area contributed by atoms with Crippen LogP contribution in [0.5, 0.6) is 0 Å². The molecule has 0 saturated heterocycles. The number of unbranched alkanes of at least 4 members (excludes halogenated alkanes) is 1. The van der Waals surface area contributed by atoms with Crippen molar-refractivity contribution in [2.45, 2.75) is 65.2 Å². The molecule has 0 fully saturated rings. The topological polar surface area (TPSA) is 76.7 Å². The molecule has 1 amide bonds. The molecule has 0 spiro atoms. The second-order valence-corrected chi connectivity index (χ2v) is 9.80. The van der Waals surface area contributed by atoms with Gasteiger partial charge < -0.3 is 20.1 Å². The van der Waals surface area contributed by atoms with Gasteiger partial charge in [-0.05, 0) is 53.5 Å². The minimum atomic E-state index is 0.0330. The number of benzene rings is 2. The van der Waals surface area contributed by atoms with Crippen molar-refractivity contribution in [1.82, 2.24) is 5.32 Å². The summed E-state index contributed by atoms with van der Waals surface area (Å²) < 4.78 is 11.1. The van der Waals surface area contributed by atoms with E-state index in [1.54, 1.807) is 0 Å². The Labute approximate surface area is 217 Å². The molecular formula is C30H44N2O4. The second-order valence-electron chi connectivity index (χ2n) is 9.80. The molecule has 0 radical (unpaired) electrons. The van der Waals surface area contributed by atoms with Crippen LogP contribution < -0.4 is 10.6 Å². The summed E-state index contributed by atoms with van der Waals surface area (Å²) in [7, 11) is 0. The molecule has 2 rings (SSSR count). The lowest BCUT2D eigenvalue weighted by atomic mass is 10.00. The highest BCUT2D eigenvalue weighted by atomic mass is 16.5. The standard InChI is InChI=1S/C30H44N2O4/c1-23(2)26-10-8-25(9-11-26)21-29(33)22-31-16-18-36-20-19-35-17-6-5-7-30(34)32-28-14-12-27(13-15-28)24(3)4/h8-15,23-24,31H,5-7,16-22H2,1-4H3,(H,32,34). The van der Waals surface area contributed by atoms with E-state index in [1.165, 1.54) is 11.1 Å². The zero-order chi connectivity index (χ0) is 26.2. The molecule has 0 bridgehead atoms. The first-order valence-corrected chi connectivity index (χ1v) is 13.2. The Morgan fingerprint density at radius 2 is 1.33 bits per heavy atom. The fourth-order valence-electron chi connectivity index (χ4n) is 3.67. The van der Waals surface area contributed by atoms with Crippen molar-refractivity contribution in [3.05, 3.63) is 65.2 Å². The molecular weight excluding hydrogens is 452 g/mol. The number of anilines is 1. The summed E-state index contributed by atoms with van der Waals surface area (Å²) in [4.78, 5) is 24.2. The van der Waals surface area contributed by atoms with E-state index in [9.17, 15) is 9.59 Å². The van der Waals surface area contributed by atoms with Crippen LogP contribution in [0.25, 0.3) is 0 Å². The Balaban J connectivity index is 1.39. The van der Waals surface area contributed by atoms with Crippen molar-refractivity contribution in [2.24, 2.45) is 0 Å². The first kappa shape index (κ1) is 29.7. The lowest BCUT2D eigenvalue weighted by Gasteiger charge is -2.09. The van der Waals surface area contributed by atoms with Gasteiger partial charge in [0.2, 0.25) is 5.91 Å². The summed E-state index contributed by atoms with van der Waals surface area (Å²) in [5.74, 6) is 1.19. The van der Waals surface area contributed by atoms with Crippen molar-refractivity contribution in [3.8, 4) is 0 Å². The number of ether oxygens (including phenoxy) is 2. The van der Waals surface area contributed by atoms with Gasteiger partial charge in [0.15, 0.2) is 5.78 Å². The highest BCUT2D eigenvalue weighted by Crippen LogP contribution is 2.17. The van der Waals surface area contributed by atoms with Crippen LogP contribution in [0, 0.1) is 0 Å². The molecule has 0 atom stereocenters. The number of ketones is 1. The van der Waals surface area contributed by atoms with Crippen LogP contribution >= 0.6 is 0 Å². The zero-order valence-corrected chi connectivity index (χ0v) is 22.5. The molecule has 6 nitrogen and oxygen atoms in total. The molecule has 0 saturated carbocycles. The predicted octanol–water partition coefficient (Wildman–Crippen LogP) is 5.48. The maximum absolute atomic E-state index is 12.1. The van der Waals surface area contributed by atoms with Crippen molar-refractivity contribution in [3.63, 3.8) is 0 Å². The Bertz CT molecular complexity index is 817. The molecule has 2 aromatic rings. The normalized spacial score (nSPS) is 11.3. The zero-order valence-electron chi connectivity index (χ0n) is 22.5. The van der Waals surface area contributed by atoms with Gasteiger partial charge in [-0.2, -0.15) is 0 Å². The van der Waals surface area contributed by atoms with Crippen molar-refractivity contribution in [1.29, 1.82) is 0 Å². The molecule has 0 heterocycles. The molecule has 0 aromatic heterocycles. The predicted molar refractivity (Wildman–Crippen MR) is 147 cm³/mol. The van der Waals surface area contributed by atoms with Crippen LogP contribution in [0.1, 0.15) is 75.5 Å². The van der Waals surface area contributed by atoms with Gasteiger partial charge in [0, 0.05) is 31.7 Å². The van der Waals surface area contributed by atoms with Crippen LogP contribution in [0.15, 0.2) is 48.5 Å². The number of carbonyl (C=O) groups excluding carboxylic acids is 2. The van der Waals surface area contributed by atoms with Crippen LogP contribution in [0.3, 0.4) is 0 Å². The Hall–Kier alpha value is -2.54. The quantitative estimate of drug-likeness (QED) is 0.267. The number of hydrogen-bond acceptors (Lipinski definition) is 5. The Morgan fingerprint density at radius 3 is 1.94 bits per heavy atom. The highest BCUT2D eigenvalue weighted by Gasteiger charge is 2.06. The average Bonchev–Trinajstić information content (AvgIpc) is 2.85. The molecule has 2 N–H and O–H groups in total. The summed E-state index contributed by atoms with van der Waals surface area (Å²) >= 11 is 0. The van der Waals surface area contributed by atoms with E-state index in [1.807, 2.05) is 24.3 Å². The first-order valence-electron chi connectivity index (χ1n) is 13.2. The number of rotatable bonds is 18. The maximum Gasteiger partial charge on any atom is 0.224 e. The van der Waals surface area contributed by atoms with Crippen molar-refractivity contribution in [2.75, 3.05) is 44.8 Å². The van der Waals surface area contributed by atoms with Crippen LogP contribution in [-0.2, 0) is 25.5 Å². The second kappa shape index (κ2) is 17.0. The van der Waals surface area contributed by atoms with Gasteiger partial charge in [0.25, 0.3) is 0 Å². The largest absolute Gasteiger partial charge is 0.379 e. The summed E-state index contributed by atoms with van der Waals surface area (Å²) in [6, 6.07) is 16.3. The summed E-state index contributed by atoms with van der Waals surface area (Å²) in [6.07, 6.45) is 2.56. The number of amides is 1. The van der Waals surface area contributed by atoms with Gasteiger partial charge in [0.1, 0.15) is 0 Å². The SMILES string of the molecule is CC(C)c1ccc(CC(=O)CNCCOCCOCCCCC(=O)Nc2ccc(C(C)C)cc2)cc1. The molecule has 0 aliphatic heterocycles.